The Labute approximate surface area is 213 Å². The van der Waals surface area contributed by atoms with Crippen LogP contribution in [0, 0.1) is 24.0 Å². The molecule has 1 heterocycles. The lowest BCUT2D eigenvalue weighted by molar-refractivity contribution is -0.148. The minimum absolute atomic E-state index is 0.0389. The quantitative estimate of drug-likeness (QED) is 0.388. The average Bonchev–Trinajstić information content (AvgIpc) is 2.80. The second-order valence-electron chi connectivity index (χ2n) is 9.42. The number of sulfonamides is 1. The Bertz CT molecular complexity index is 1460. The molecular formula is C26H24ClF2NO5S. The zero-order valence-electron chi connectivity index (χ0n) is 19.8. The van der Waals surface area contributed by atoms with Crippen LogP contribution >= 0.6 is 11.6 Å². The molecule has 10 heteroatoms. The van der Waals surface area contributed by atoms with E-state index in [0.29, 0.717) is 0 Å². The van der Waals surface area contributed by atoms with Gasteiger partial charge in [0, 0.05) is 12.0 Å². The number of fused-ring (bicyclic) bond motifs is 1. The Balaban J connectivity index is 1.86. The predicted molar refractivity (Wildman–Crippen MR) is 133 cm³/mol. The summed E-state index contributed by atoms with van der Waals surface area (Å²) >= 11 is 5.82. The van der Waals surface area contributed by atoms with Gasteiger partial charge in [-0.05, 0) is 68.3 Å². The summed E-state index contributed by atoms with van der Waals surface area (Å²) in [5.41, 5.74) is -0.256. The highest BCUT2D eigenvalue weighted by molar-refractivity contribution is 7.92. The van der Waals surface area contributed by atoms with E-state index in [9.17, 15) is 27.1 Å². The standard InChI is InChI=1S/C26H24ClF2NO5S/c1-15-5-4-6-19(9-15)36(33,34)30-14-18(13-26(2,3)25(31)32)35-23-8-7-16(10-22(23)30)20-11-17(28)12-21(27)24(20)29/h4-12,18H,13-14H2,1-3H3,(H,31,32)/t18-/m0/s1. The molecule has 1 atom stereocenters. The van der Waals surface area contributed by atoms with Crippen molar-refractivity contribution in [1.82, 2.24) is 0 Å². The maximum Gasteiger partial charge on any atom is 0.309 e. The molecule has 0 saturated carbocycles. The zero-order chi connectivity index (χ0) is 26.4. The van der Waals surface area contributed by atoms with E-state index in [1.807, 2.05) is 0 Å². The number of halogens is 3. The summed E-state index contributed by atoms with van der Waals surface area (Å²) in [7, 11) is -4.12. The molecule has 1 N–H and O–H groups in total. The third-order valence-electron chi connectivity index (χ3n) is 6.09. The molecule has 1 aliphatic rings. The van der Waals surface area contributed by atoms with E-state index < -0.39 is 44.2 Å². The van der Waals surface area contributed by atoms with Gasteiger partial charge in [-0.15, -0.1) is 0 Å². The maximum atomic E-state index is 14.7. The van der Waals surface area contributed by atoms with Crippen LogP contribution in [0.2, 0.25) is 5.02 Å². The van der Waals surface area contributed by atoms with Crippen LogP contribution in [0.1, 0.15) is 25.8 Å². The van der Waals surface area contributed by atoms with Crippen molar-refractivity contribution in [2.75, 3.05) is 10.8 Å². The van der Waals surface area contributed by atoms with E-state index in [0.717, 1.165) is 22.0 Å². The molecule has 4 rings (SSSR count). The van der Waals surface area contributed by atoms with Crippen molar-refractivity contribution in [1.29, 1.82) is 0 Å². The van der Waals surface area contributed by atoms with Crippen molar-refractivity contribution < 1.29 is 31.8 Å². The summed E-state index contributed by atoms with van der Waals surface area (Å²) in [4.78, 5) is 11.7. The van der Waals surface area contributed by atoms with Crippen LogP contribution in [-0.2, 0) is 14.8 Å². The first-order valence-electron chi connectivity index (χ1n) is 11.1. The van der Waals surface area contributed by atoms with E-state index in [-0.39, 0.29) is 40.4 Å². The van der Waals surface area contributed by atoms with Gasteiger partial charge in [0.2, 0.25) is 0 Å². The summed E-state index contributed by atoms with van der Waals surface area (Å²) in [6, 6.07) is 12.5. The number of rotatable bonds is 6. The SMILES string of the molecule is Cc1cccc(S(=O)(=O)N2C[C@H](CC(C)(C)C(=O)O)Oc3ccc(-c4cc(F)cc(Cl)c4F)cc32)c1. The fourth-order valence-corrected chi connectivity index (χ4v) is 5.95. The largest absolute Gasteiger partial charge is 0.486 e. The Kier molecular flexibility index (Phi) is 6.74. The van der Waals surface area contributed by atoms with Gasteiger partial charge >= 0.3 is 5.97 Å². The van der Waals surface area contributed by atoms with Gasteiger partial charge in [0.25, 0.3) is 10.0 Å². The second-order valence-corrected chi connectivity index (χ2v) is 11.7. The lowest BCUT2D eigenvalue weighted by atomic mass is 9.86. The van der Waals surface area contributed by atoms with Crippen molar-refractivity contribution in [3.8, 4) is 16.9 Å². The smallest absolute Gasteiger partial charge is 0.309 e. The Morgan fingerprint density at radius 1 is 1.17 bits per heavy atom. The first-order chi connectivity index (χ1) is 16.8. The van der Waals surface area contributed by atoms with Crippen LogP contribution in [-0.4, -0.2) is 32.1 Å². The number of anilines is 1. The van der Waals surface area contributed by atoms with E-state index in [2.05, 4.69) is 0 Å². The van der Waals surface area contributed by atoms with E-state index in [1.54, 1.807) is 19.1 Å². The summed E-state index contributed by atoms with van der Waals surface area (Å²) < 4.78 is 63.4. The minimum Gasteiger partial charge on any atom is -0.486 e. The predicted octanol–water partition coefficient (Wildman–Crippen LogP) is 6.05. The van der Waals surface area contributed by atoms with Crippen molar-refractivity contribution >= 4 is 33.3 Å². The minimum atomic E-state index is -4.12. The normalized spacial score (nSPS) is 15.8. The molecule has 0 amide bonds. The van der Waals surface area contributed by atoms with Crippen molar-refractivity contribution in [2.45, 2.75) is 38.2 Å². The summed E-state index contributed by atoms with van der Waals surface area (Å²) in [5, 5.41) is 9.17. The second kappa shape index (κ2) is 9.37. The highest BCUT2D eigenvalue weighted by atomic mass is 35.5. The van der Waals surface area contributed by atoms with Crippen LogP contribution < -0.4 is 9.04 Å². The third kappa shape index (κ3) is 4.90. The molecule has 190 valence electrons. The number of ether oxygens (including phenoxy) is 1. The first-order valence-corrected chi connectivity index (χ1v) is 12.9. The lowest BCUT2D eigenvalue weighted by Crippen LogP contribution is -2.46. The maximum absolute atomic E-state index is 14.7. The van der Waals surface area contributed by atoms with Crippen LogP contribution in [0.25, 0.3) is 11.1 Å². The molecule has 0 aliphatic carbocycles. The van der Waals surface area contributed by atoms with Crippen molar-refractivity contribution in [3.63, 3.8) is 0 Å². The Morgan fingerprint density at radius 2 is 1.89 bits per heavy atom. The molecule has 0 saturated heterocycles. The number of benzene rings is 3. The average molecular weight is 536 g/mol. The van der Waals surface area contributed by atoms with E-state index in [4.69, 9.17) is 16.3 Å². The third-order valence-corrected chi connectivity index (χ3v) is 8.14. The van der Waals surface area contributed by atoms with Gasteiger partial charge < -0.3 is 9.84 Å². The molecule has 0 spiro atoms. The molecule has 0 fully saturated rings. The van der Waals surface area contributed by atoms with Crippen LogP contribution in [0.3, 0.4) is 0 Å². The Morgan fingerprint density at radius 3 is 2.56 bits per heavy atom. The van der Waals surface area contributed by atoms with Gasteiger partial charge in [0.15, 0.2) is 0 Å². The summed E-state index contributed by atoms with van der Waals surface area (Å²) in [6.45, 7) is 4.66. The number of carboxylic acids is 1. The van der Waals surface area contributed by atoms with Crippen LogP contribution in [0.15, 0.2) is 59.5 Å². The first kappa shape index (κ1) is 25.9. The molecule has 6 nitrogen and oxygen atoms in total. The number of aliphatic carboxylic acids is 1. The van der Waals surface area contributed by atoms with Gasteiger partial charge in [0.1, 0.15) is 23.5 Å². The molecular weight excluding hydrogens is 512 g/mol. The molecule has 0 unspecified atom stereocenters. The van der Waals surface area contributed by atoms with E-state index in [1.165, 1.54) is 44.2 Å². The van der Waals surface area contributed by atoms with Crippen molar-refractivity contribution in [2.24, 2.45) is 5.41 Å². The number of aryl methyl sites for hydroxylation is 1. The monoisotopic (exact) mass is 535 g/mol. The molecule has 0 aromatic heterocycles. The fourth-order valence-electron chi connectivity index (χ4n) is 4.14. The van der Waals surface area contributed by atoms with Gasteiger partial charge in [0.05, 0.1) is 27.6 Å². The molecule has 36 heavy (non-hydrogen) atoms. The number of hydrogen-bond donors (Lipinski definition) is 1. The summed E-state index contributed by atoms with van der Waals surface area (Å²) in [6.07, 6.45) is -0.730. The molecule has 0 bridgehead atoms. The van der Waals surface area contributed by atoms with Crippen LogP contribution in [0.4, 0.5) is 14.5 Å². The van der Waals surface area contributed by atoms with Crippen LogP contribution in [0.5, 0.6) is 5.75 Å². The highest BCUT2D eigenvalue weighted by Crippen LogP contribution is 2.42. The lowest BCUT2D eigenvalue weighted by Gasteiger charge is -2.38. The number of hydrogen-bond acceptors (Lipinski definition) is 4. The van der Waals surface area contributed by atoms with Gasteiger partial charge in [-0.1, -0.05) is 29.8 Å². The van der Waals surface area contributed by atoms with Crippen molar-refractivity contribution in [3.05, 3.63) is 76.8 Å². The molecule has 0 radical (unpaired) electrons. The number of carbonyl (C=O) groups is 1. The Hall–Kier alpha value is -3.17. The van der Waals surface area contributed by atoms with E-state index >= 15 is 0 Å². The molecule has 3 aromatic carbocycles. The summed E-state index contributed by atoms with van der Waals surface area (Å²) in [5.74, 6) is -2.45. The number of carboxylic acid groups (broad SMARTS) is 1. The van der Waals surface area contributed by atoms with Gasteiger partial charge in [-0.3, -0.25) is 9.10 Å². The molecule has 1 aliphatic heterocycles. The fraction of sp³-hybridized carbons (Fsp3) is 0.269. The highest BCUT2D eigenvalue weighted by Gasteiger charge is 2.39. The molecule has 3 aromatic rings. The van der Waals surface area contributed by atoms with Gasteiger partial charge in [-0.25, -0.2) is 17.2 Å². The zero-order valence-corrected chi connectivity index (χ0v) is 21.3. The number of nitrogens with zero attached hydrogens (tertiary/aromatic N) is 1. The topological polar surface area (TPSA) is 83.9 Å². The van der Waals surface area contributed by atoms with Gasteiger partial charge in [-0.2, -0.15) is 0 Å².